The fourth-order valence-electron chi connectivity index (χ4n) is 4.48. The van der Waals surface area contributed by atoms with Gasteiger partial charge in [0, 0.05) is 48.0 Å². The van der Waals surface area contributed by atoms with Crippen LogP contribution in [0.3, 0.4) is 0 Å². The van der Waals surface area contributed by atoms with E-state index in [0.717, 1.165) is 39.3 Å². The maximum Gasteiger partial charge on any atom is 0.248 e. The van der Waals surface area contributed by atoms with Crippen LogP contribution >= 0.6 is 0 Å². The molecule has 10 heteroatoms. The molecule has 194 valence electrons. The quantitative estimate of drug-likeness (QED) is 0.302. The third-order valence-corrected chi connectivity index (χ3v) is 6.36. The number of nitrogens with one attached hydrogen (secondary N) is 1. The van der Waals surface area contributed by atoms with Crippen molar-refractivity contribution in [3.8, 4) is 11.5 Å². The second kappa shape index (κ2) is 9.99. The minimum absolute atomic E-state index is 0.184. The molecule has 0 atom stereocenters. The molecule has 39 heavy (non-hydrogen) atoms. The first-order valence-corrected chi connectivity index (χ1v) is 12.4. The van der Waals surface area contributed by atoms with Crippen LogP contribution < -0.4 is 15.0 Å². The summed E-state index contributed by atoms with van der Waals surface area (Å²) in [5.41, 5.74) is 4.98. The number of fused-ring (bicyclic) bond motifs is 1. The van der Waals surface area contributed by atoms with Crippen LogP contribution in [0, 0.1) is 6.92 Å². The Labute approximate surface area is 224 Å². The number of amides is 1. The van der Waals surface area contributed by atoms with Gasteiger partial charge in [-0.1, -0.05) is 6.08 Å². The Bertz CT molecular complexity index is 1770. The van der Waals surface area contributed by atoms with Crippen LogP contribution in [0.15, 0.2) is 79.7 Å². The molecule has 10 nitrogen and oxygen atoms in total. The molecule has 0 fully saturated rings. The van der Waals surface area contributed by atoms with E-state index in [0.29, 0.717) is 23.6 Å². The molecule has 5 aromatic rings. The van der Waals surface area contributed by atoms with E-state index in [9.17, 15) is 4.79 Å². The number of benzene rings is 2. The van der Waals surface area contributed by atoms with Gasteiger partial charge in [0.25, 0.3) is 0 Å². The molecule has 0 aliphatic carbocycles. The zero-order chi connectivity index (χ0) is 26.9. The smallest absolute Gasteiger partial charge is 0.248 e. The van der Waals surface area contributed by atoms with Crippen molar-refractivity contribution in [3.05, 3.63) is 90.8 Å². The number of carbonyl (C=O) groups is 1. The highest BCUT2D eigenvalue weighted by molar-refractivity contribution is 6.08. The van der Waals surface area contributed by atoms with Crippen LogP contribution in [0.2, 0.25) is 0 Å². The van der Waals surface area contributed by atoms with Crippen LogP contribution in [0.5, 0.6) is 11.5 Å². The van der Waals surface area contributed by atoms with Gasteiger partial charge in [-0.05, 0) is 69.1 Å². The molecule has 1 N–H and O–H groups in total. The first-order chi connectivity index (χ1) is 19.0. The molecule has 1 aliphatic rings. The highest BCUT2D eigenvalue weighted by Gasteiger charge is 2.22. The van der Waals surface area contributed by atoms with Gasteiger partial charge < -0.3 is 19.9 Å². The number of aromatic nitrogens is 5. The number of aryl methyl sites for hydroxylation is 1. The average molecular weight is 519 g/mol. The molecule has 0 bridgehead atoms. The summed E-state index contributed by atoms with van der Waals surface area (Å²) in [7, 11) is 3.91. The molecular weight excluding hydrogens is 492 g/mol. The lowest BCUT2D eigenvalue weighted by molar-refractivity contribution is -0.111. The third kappa shape index (κ3) is 4.80. The fourth-order valence-corrected chi connectivity index (χ4v) is 4.48. The molecule has 0 unspecified atom stereocenters. The van der Waals surface area contributed by atoms with Gasteiger partial charge in [-0.15, -0.1) is 0 Å². The molecule has 0 radical (unpaired) electrons. The Balaban J connectivity index is 1.29. The van der Waals surface area contributed by atoms with E-state index < -0.39 is 0 Å². The number of hydrogen-bond acceptors (Lipinski definition) is 8. The molecule has 2 aromatic carbocycles. The lowest BCUT2D eigenvalue weighted by Gasteiger charge is -2.26. The zero-order valence-corrected chi connectivity index (χ0v) is 21.7. The van der Waals surface area contributed by atoms with Gasteiger partial charge in [0.1, 0.15) is 30.0 Å². The zero-order valence-electron chi connectivity index (χ0n) is 21.7. The number of ether oxygens (including phenoxy) is 1. The maximum absolute atomic E-state index is 12.5. The van der Waals surface area contributed by atoms with Crippen LogP contribution in [0.4, 0.5) is 17.2 Å². The summed E-state index contributed by atoms with van der Waals surface area (Å²) in [6.45, 7) is 2.69. The topological polar surface area (TPSA) is 101 Å². The Kier molecular flexibility index (Phi) is 6.22. The molecule has 1 aliphatic heterocycles. The molecule has 6 rings (SSSR count). The highest BCUT2D eigenvalue weighted by Crippen LogP contribution is 2.40. The summed E-state index contributed by atoms with van der Waals surface area (Å²) >= 11 is 0. The van der Waals surface area contributed by atoms with E-state index >= 15 is 0 Å². The van der Waals surface area contributed by atoms with Crippen LogP contribution in [0.1, 0.15) is 11.1 Å². The fraction of sp³-hybridized carbons (Fsp3) is 0.138. The maximum atomic E-state index is 12.5. The third-order valence-electron chi connectivity index (χ3n) is 6.36. The predicted octanol–water partition coefficient (Wildman–Crippen LogP) is 4.95. The number of hydrogen-bond donors (Lipinski definition) is 1. The summed E-state index contributed by atoms with van der Waals surface area (Å²) < 4.78 is 7.83. The van der Waals surface area contributed by atoms with E-state index in [1.165, 1.54) is 6.33 Å². The van der Waals surface area contributed by atoms with Gasteiger partial charge in [-0.3, -0.25) is 4.79 Å². The first kappa shape index (κ1) is 24.3. The molecule has 4 heterocycles. The molecule has 0 spiro atoms. The van der Waals surface area contributed by atoms with E-state index in [2.05, 4.69) is 31.4 Å². The number of likely N-dealkylation sites (N-methyl/N-ethyl adjacent to an activating group) is 1. The van der Waals surface area contributed by atoms with Gasteiger partial charge in [0.05, 0.1) is 10.9 Å². The van der Waals surface area contributed by atoms with E-state index in [-0.39, 0.29) is 5.91 Å². The van der Waals surface area contributed by atoms with Crippen molar-refractivity contribution in [2.24, 2.45) is 0 Å². The summed E-state index contributed by atoms with van der Waals surface area (Å²) in [6.07, 6.45) is 12.2. The first-order valence-electron chi connectivity index (χ1n) is 12.4. The highest BCUT2D eigenvalue weighted by atomic mass is 16.5. The van der Waals surface area contributed by atoms with Crippen molar-refractivity contribution < 1.29 is 9.53 Å². The minimum Gasteiger partial charge on any atom is -0.457 e. The van der Waals surface area contributed by atoms with Gasteiger partial charge >= 0.3 is 0 Å². The standard InChI is InChI=1S/C29H26N8O2/c1-19-15-20(6-9-25(19)39-21-10-14-37-26(16-21)31-18-33-37)36-13-11-22-23(34-27(38)5-4-12-35(2)3)7-8-24-28(22)29(36)32-17-30-24/h4-11,13-18H,12H2,1-3H3,(H,34,38)/b5-4+. The van der Waals surface area contributed by atoms with Crippen molar-refractivity contribution >= 4 is 45.7 Å². The molecule has 3 aromatic heterocycles. The molecular formula is C29H26N8O2. The van der Waals surface area contributed by atoms with Crippen molar-refractivity contribution in [2.75, 3.05) is 30.9 Å². The molecule has 1 amide bonds. The largest absolute Gasteiger partial charge is 0.457 e. The second-order valence-electron chi connectivity index (χ2n) is 9.43. The minimum atomic E-state index is -0.184. The lowest BCUT2D eigenvalue weighted by Crippen LogP contribution is -2.16. The summed E-state index contributed by atoms with van der Waals surface area (Å²) in [6, 6.07) is 13.4. The van der Waals surface area contributed by atoms with Crippen molar-refractivity contribution in [1.82, 2.24) is 29.5 Å². The van der Waals surface area contributed by atoms with Gasteiger partial charge in [-0.2, -0.15) is 5.10 Å². The van der Waals surface area contributed by atoms with Gasteiger partial charge in [0.15, 0.2) is 5.65 Å². The molecule has 0 saturated heterocycles. The normalized spacial score (nSPS) is 12.7. The number of carbonyl (C=O) groups excluding carboxylic acids is 1. The Hall–Kier alpha value is -5.09. The van der Waals surface area contributed by atoms with Crippen molar-refractivity contribution in [3.63, 3.8) is 0 Å². The van der Waals surface area contributed by atoms with E-state index in [1.807, 2.05) is 91.8 Å². The van der Waals surface area contributed by atoms with E-state index in [4.69, 9.17) is 4.74 Å². The number of rotatable bonds is 7. The Morgan fingerprint density at radius 3 is 2.82 bits per heavy atom. The van der Waals surface area contributed by atoms with Crippen molar-refractivity contribution in [1.29, 1.82) is 0 Å². The average Bonchev–Trinajstić information content (AvgIpc) is 3.39. The summed E-state index contributed by atoms with van der Waals surface area (Å²) in [5.74, 6) is 1.98. The van der Waals surface area contributed by atoms with E-state index in [1.54, 1.807) is 16.9 Å². The predicted molar refractivity (Wildman–Crippen MR) is 151 cm³/mol. The van der Waals surface area contributed by atoms with Crippen LogP contribution in [-0.4, -0.2) is 56.0 Å². The van der Waals surface area contributed by atoms with Crippen molar-refractivity contribution in [2.45, 2.75) is 6.92 Å². The Morgan fingerprint density at radius 1 is 1.08 bits per heavy atom. The number of anilines is 3. The second-order valence-corrected chi connectivity index (χ2v) is 9.43. The SMILES string of the molecule is Cc1cc(N2C=Cc3c(NC(=O)/C=C/CN(C)C)ccc4ncnc2c34)ccc1Oc1ccn2ncnc2c1. The lowest BCUT2D eigenvalue weighted by atomic mass is 10.0. The summed E-state index contributed by atoms with van der Waals surface area (Å²) in [4.78, 5) is 29.8. The Morgan fingerprint density at radius 2 is 1.97 bits per heavy atom. The van der Waals surface area contributed by atoms with Gasteiger partial charge in [-0.25, -0.2) is 19.5 Å². The van der Waals surface area contributed by atoms with Gasteiger partial charge in [0.2, 0.25) is 5.91 Å². The molecule has 0 saturated carbocycles. The van der Waals surface area contributed by atoms with Crippen LogP contribution in [-0.2, 0) is 4.79 Å². The number of pyridine rings is 1. The summed E-state index contributed by atoms with van der Waals surface area (Å²) in [5, 5.41) is 7.99. The number of nitrogens with zero attached hydrogens (tertiary/aromatic N) is 7. The monoisotopic (exact) mass is 518 g/mol. The van der Waals surface area contributed by atoms with Crippen LogP contribution in [0.25, 0.3) is 22.6 Å².